The van der Waals surface area contributed by atoms with E-state index in [9.17, 15) is 0 Å². The van der Waals surface area contributed by atoms with Crippen LogP contribution in [0.15, 0.2) is 46.9 Å². The van der Waals surface area contributed by atoms with E-state index >= 15 is 0 Å². The highest BCUT2D eigenvalue weighted by Crippen LogP contribution is 2.24. The first kappa shape index (κ1) is 15.1. The number of hydrogen-bond donors (Lipinski definition) is 1. The molecule has 0 aliphatic heterocycles. The van der Waals surface area contributed by atoms with E-state index in [0.717, 1.165) is 16.8 Å². The lowest BCUT2D eigenvalue weighted by atomic mass is 10.0. The van der Waals surface area contributed by atoms with Crippen molar-refractivity contribution in [3.8, 4) is 5.75 Å². The van der Waals surface area contributed by atoms with Crippen LogP contribution in [-0.2, 0) is 6.54 Å². The molecule has 0 amide bonds. The molecular formula is C17H20BrNO. The summed E-state index contributed by atoms with van der Waals surface area (Å²) in [5.74, 6) is 0.883. The van der Waals surface area contributed by atoms with Crippen molar-refractivity contribution in [2.45, 2.75) is 26.4 Å². The first-order valence-corrected chi connectivity index (χ1v) is 7.52. The van der Waals surface area contributed by atoms with Crippen LogP contribution >= 0.6 is 15.9 Å². The van der Waals surface area contributed by atoms with E-state index in [1.165, 1.54) is 16.7 Å². The highest BCUT2D eigenvalue weighted by atomic mass is 79.9. The van der Waals surface area contributed by atoms with Gasteiger partial charge in [0.15, 0.2) is 0 Å². The molecule has 0 aliphatic rings. The van der Waals surface area contributed by atoms with Crippen molar-refractivity contribution in [2.24, 2.45) is 0 Å². The van der Waals surface area contributed by atoms with Crippen LogP contribution in [0.5, 0.6) is 5.75 Å². The predicted octanol–water partition coefficient (Wildman–Crippen LogP) is 4.62. The molecule has 2 nitrogen and oxygen atoms in total. The topological polar surface area (TPSA) is 21.3 Å². The van der Waals surface area contributed by atoms with Gasteiger partial charge >= 0.3 is 0 Å². The molecule has 2 rings (SSSR count). The van der Waals surface area contributed by atoms with Crippen LogP contribution in [0.25, 0.3) is 0 Å². The molecule has 0 bridgehead atoms. The maximum absolute atomic E-state index is 5.27. The first-order valence-electron chi connectivity index (χ1n) is 6.73. The number of hydrogen-bond acceptors (Lipinski definition) is 2. The Bertz CT molecular complexity index is 583. The van der Waals surface area contributed by atoms with Crippen molar-refractivity contribution < 1.29 is 4.74 Å². The summed E-state index contributed by atoms with van der Waals surface area (Å²) in [6, 6.07) is 14.8. The molecule has 0 unspecified atom stereocenters. The molecule has 0 saturated heterocycles. The fourth-order valence-electron chi connectivity index (χ4n) is 2.26. The number of benzene rings is 2. The molecule has 0 fully saturated rings. The molecule has 2 aromatic rings. The number of rotatable bonds is 5. The Labute approximate surface area is 129 Å². The Hall–Kier alpha value is -1.32. The van der Waals surface area contributed by atoms with Crippen molar-refractivity contribution in [3.05, 3.63) is 63.6 Å². The zero-order chi connectivity index (χ0) is 14.5. The van der Waals surface area contributed by atoms with Gasteiger partial charge in [-0.1, -0.05) is 40.2 Å². The van der Waals surface area contributed by atoms with E-state index in [2.05, 4.69) is 65.4 Å². The van der Waals surface area contributed by atoms with Crippen LogP contribution in [0, 0.1) is 6.92 Å². The summed E-state index contributed by atoms with van der Waals surface area (Å²) in [5.41, 5.74) is 3.86. The van der Waals surface area contributed by atoms with Crippen molar-refractivity contribution in [1.29, 1.82) is 0 Å². The Balaban J connectivity index is 2.07. The van der Waals surface area contributed by atoms with Crippen LogP contribution < -0.4 is 10.1 Å². The van der Waals surface area contributed by atoms with Crippen LogP contribution in [0.2, 0.25) is 0 Å². The SMILES string of the molecule is COc1ccc(Br)c(CN[C@@H](C)c2ccccc2C)c1. The van der Waals surface area contributed by atoms with E-state index < -0.39 is 0 Å². The number of nitrogens with one attached hydrogen (secondary N) is 1. The fraction of sp³-hybridized carbons (Fsp3) is 0.294. The highest BCUT2D eigenvalue weighted by Gasteiger charge is 2.09. The highest BCUT2D eigenvalue weighted by molar-refractivity contribution is 9.10. The van der Waals surface area contributed by atoms with Crippen molar-refractivity contribution >= 4 is 15.9 Å². The van der Waals surface area contributed by atoms with E-state index in [0.29, 0.717) is 6.04 Å². The third kappa shape index (κ3) is 3.62. The predicted molar refractivity (Wildman–Crippen MR) is 87.1 cm³/mol. The largest absolute Gasteiger partial charge is 0.497 e. The number of aryl methyl sites for hydroxylation is 1. The van der Waals surface area contributed by atoms with Gasteiger partial charge in [0.25, 0.3) is 0 Å². The fourth-order valence-corrected chi connectivity index (χ4v) is 2.65. The molecule has 1 atom stereocenters. The van der Waals surface area contributed by atoms with E-state index in [1.54, 1.807) is 7.11 Å². The van der Waals surface area contributed by atoms with Gasteiger partial charge in [-0.3, -0.25) is 0 Å². The monoisotopic (exact) mass is 333 g/mol. The molecule has 0 aliphatic carbocycles. The molecule has 1 N–H and O–H groups in total. The van der Waals surface area contributed by atoms with Crippen molar-refractivity contribution in [1.82, 2.24) is 5.32 Å². The van der Waals surface area contributed by atoms with Crippen molar-refractivity contribution in [2.75, 3.05) is 7.11 Å². The molecule has 0 aromatic heterocycles. The smallest absolute Gasteiger partial charge is 0.119 e. The lowest BCUT2D eigenvalue weighted by molar-refractivity contribution is 0.413. The zero-order valence-corrected chi connectivity index (χ0v) is 13.7. The summed E-state index contributed by atoms with van der Waals surface area (Å²) in [6.07, 6.45) is 0. The lowest BCUT2D eigenvalue weighted by Crippen LogP contribution is -2.19. The summed E-state index contributed by atoms with van der Waals surface area (Å²) in [6.45, 7) is 5.14. The standard InChI is InChI=1S/C17H20BrNO/c1-12-6-4-5-7-16(12)13(2)19-11-14-10-15(20-3)8-9-17(14)18/h4-10,13,19H,11H2,1-3H3/t13-/m0/s1. The van der Waals surface area contributed by atoms with E-state index in [1.807, 2.05) is 12.1 Å². The minimum absolute atomic E-state index is 0.314. The van der Waals surface area contributed by atoms with Gasteiger partial charge in [0.1, 0.15) is 5.75 Å². The second kappa shape index (κ2) is 6.91. The summed E-state index contributed by atoms with van der Waals surface area (Å²) in [4.78, 5) is 0. The Kier molecular flexibility index (Phi) is 5.21. The molecular weight excluding hydrogens is 314 g/mol. The molecule has 106 valence electrons. The van der Waals surface area contributed by atoms with Crippen LogP contribution in [0.1, 0.15) is 29.7 Å². The van der Waals surface area contributed by atoms with Gasteiger partial charge in [-0.05, 0) is 48.7 Å². The average molecular weight is 334 g/mol. The second-order valence-corrected chi connectivity index (χ2v) is 5.77. The lowest BCUT2D eigenvalue weighted by Gasteiger charge is -2.17. The van der Waals surface area contributed by atoms with Crippen LogP contribution in [0.3, 0.4) is 0 Å². The van der Waals surface area contributed by atoms with Crippen molar-refractivity contribution in [3.63, 3.8) is 0 Å². The summed E-state index contributed by atoms with van der Waals surface area (Å²) in [5, 5.41) is 3.56. The van der Waals surface area contributed by atoms with E-state index in [-0.39, 0.29) is 0 Å². The quantitative estimate of drug-likeness (QED) is 0.862. The molecule has 0 heterocycles. The number of methoxy groups -OCH3 is 1. The minimum Gasteiger partial charge on any atom is -0.497 e. The van der Waals surface area contributed by atoms with Gasteiger partial charge < -0.3 is 10.1 Å². The molecule has 2 aromatic carbocycles. The van der Waals surface area contributed by atoms with Gasteiger partial charge in [0.2, 0.25) is 0 Å². The Morgan fingerprint density at radius 3 is 2.65 bits per heavy atom. The second-order valence-electron chi connectivity index (χ2n) is 4.92. The van der Waals surface area contributed by atoms with Gasteiger partial charge in [0, 0.05) is 17.1 Å². The van der Waals surface area contributed by atoms with Gasteiger partial charge in [-0.2, -0.15) is 0 Å². The minimum atomic E-state index is 0.314. The third-order valence-corrected chi connectivity index (χ3v) is 4.28. The van der Waals surface area contributed by atoms with Gasteiger partial charge in [0.05, 0.1) is 7.11 Å². The van der Waals surface area contributed by atoms with E-state index in [4.69, 9.17) is 4.74 Å². The number of halogens is 1. The molecule has 3 heteroatoms. The summed E-state index contributed by atoms with van der Waals surface area (Å²) in [7, 11) is 1.69. The summed E-state index contributed by atoms with van der Waals surface area (Å²) >= 11 is 3.58. The Morgan fingerprint density at radius 2 is 1.95 bits per heavy atom. The third-order valence-electron chi connectivity index (χ3n) is 3.51. The van der Waals surface area contributed by atoms with Crippen LogP contribution in [-0.4, -0.2) is 7.11 Å². The van der Waals surface area contributed by atoms with Crippen LogP contribution in [0.4, 0.5) is 0 Å². The molecule has 0 spiro atoms. The first-order chi connectivity index (χ1) is 9.61. The number of ether oxygens (including phenoxy) is 1. The average Bonchev–Trinajstić information content (AvgIpc) is 2.46. The molecule has 0 saturated carbocycles. The summed E-state index contributed by atoms with van der Waals surface area (Å²) < 4.78 is 6.37. The normalized spacial score (nSPS) is 12.2. The Morgan fingerprint density at radius 1 is 1.20 bits per heavy atom. The maximum Gasteiger partial charge on any atom is 0.119 e. The maximum atomic E-state index is 5.27. The zero-order valence-electron chi connectivity index (χ0n) is 12.1. The molecule has 0 radical (unpaired) electrons. The van der Waals surface area contributed by atoms with Gasteiger partial charge in [-0.15, -0.1) is 0 Å². The molecule has 20 heavy (non-hydrogen) atoms. The van der Waals surface area contributed by atoms with Gasteiger partial charge in [-0.25, -0.2) is 0 Å².